The van der Waals surface area contributed by atoms with E-state index < -0.39 is 16.0 Å². The van der Waals surface area contributed by atoms with Crippen molar-refractivity contribution in [3.05, 3.63) is 34.4 Å². The Balaban J connectivity index is 2.80. The van der Waals surface area contributed by atoms with Crippen LogP contribution in [0.15, 0.2) is 28.9 Å². The number of aromatic nitrogens is 1. The molecule has 18 heavy (non-hydrogen) atoms. The number of esters is 1. The molecule has 7 heteroatoms. The number of hydrogen-bond donors (Lipinski definition) is 0. The summed E-state index contributed by atoms with van der Waals surface area (Å²) in [5, 5.41) is 0.716. The Labute approximate surface area is 113 Å². The number of methoxy groups -OCH3 is 1. The van der Waals surface area contributed by atoms with Crippen molar-refractivity contribution < 1.29 is 17.9 Å². The second kappa shape index (κ2) is 4.40. The van der Waals surface area contributed by atoms with Gasteiger partial charge in [-0.2, -0.15) is 0 Å². The second-order valence-electron chi connectivity index (χ2n) is 3.76. The summed E-state index contributed by atoms with van der Waals surface area (Å²) in [6, 6.07) is 4.76. The summed E-state index contributed by atoms with van der Waals surface area (Å²) >= 11 is 3.31. The monoisotopic (exact) mass is 331 g/mol. The van der Waals surface area contributed by atoms with E-state index in [2.05, 4.69) is 20.7 Å². The van der Waals surface area contributed by atoms with Crippen molar-refractivity contribution in [2.24, 2.45) is 0 Å². The zero-order chi connectivity index (χ0) is 13.5. The molecular weight excluding hydrogens is 322 g/mol. The van der Waals surface area contributed by atoms with Crippen LogP contribution in [0.4, 0.5) is 0 Å². The topological polar surface area (TPSA) is 65.4 Å². The highest BCUT2D eigenvalue weighted by Gasteiger charge is 2.15. The van der Waals surface area contributed by atoms with Crippen LogP contribution in [0, 0.1) is 0 Å². The van der Waals surface area contributed by atoms with Crippen molar-refractivity contribution in [1.82, 2.24) is 3.97 Å². The van der Waals surface area contributed by atoms with Crippen molar-refractivity contribution in [3.63, 3.8) is 0 Å². The number of fused-ring (bicyclic) bond motifs is 1. The molecule has 0 unspecified atom stereocenters. The van der Waals surface area contributed by atoms with Crippen LogP contribution in [-0.2, 0) is 14.8 Å². The maximum absolute atomic E-state index is 11.6. The first kappa shape index (κ1) is 13.1. The lowest BCUT2D eigenvalue weighted by Crippen LogP contribution is -2.09. The van der Waals surface area contributed by atoms with Crippen molar-refractivity contribution in [1.29, 1.82) is 0 Å². The second-order valence-corrected chi connectivity index (χ2v) is 6.47. The third-order valence-electron chi connectivity index (χ3n) is 2.50. The van der Waals surface area contributed by atoms with Gasteiger partial charge in [0.15, 0.2) is 0 Å². The molecule has 0 saturated heterocycles. The van der Waals surface area contributed by atoms with Gasteiger partial charge in [-0.1, -0.05) is 15.9 Å². The van der Waals surface area contributed by atoms with E-state index >= 15 is 0 Å². The summed E-state index contributed by atoms with van der Waals surface area (Å²) in [6.07, 6.45) is 2.55. The Kier molecular flexibility index (Phi) is 3.20. The van der Waals surface area contributed by atoms with Crippen LogP contribution in [0.3, 0.4) is 0 Å². The minimum atomic E-state index is -3.41. The molecule has 2 aromatic rings. The summed E-state index contributed by atoms with van der Waals surface area (Å²) < 4.78 is 29.6. The van der Waals surface area contributed by atoms with E-state index in [9.17, 15) is 13.2 Å². The molecule has 1 aromatic heterocycles. The van der Waals surface area contributed by atoms with Gasteiger partial charge in [-0.05, 0) is 18.2 Å². The minimum absolute atomic E-state index is 0.292. The van der Waals surface area contributed by atoms with E-state index in [1.165, 1.54) is 19.4 Å². The average molecular weight is 332 g/mol. The normalized spacial score (nSPS) is 11.7. The fourth-order valence-corrected chi connectivity index (χ4v) is 3.07. The summed E-state index contributed by atoms with van der Waals surface area (Å²) in [4.78, 5) is 11.5. The predicted molar refractivity (Wildman–Crippen MR) is 71.2 cm³/mol. The van der Waals surface area contributed by atoms with Crippen molar-refractivity contribution in [2.75, 3.05) is 13.4 Å². The van der Waals surface area contributed by atoms with Crippen LogP contribution in [0.2, 0.25) is 0 Å². The number of ether oxygens (including phenoxy) is 1. The molecule has 0 N–H and O–H groups in total. The number of carbonyl (C=O) groups excluding carboxylic acids is 1. The SMILES string of the molecule is COC(=O)c1cc(Br)c2ccn(S(C)(=O)=O)c2c1. The van der Waals surface area contributed by atoms with E-state index in [1.54, 1.807) is 12.1 Å². The Hall–Kier alpha value is -1.34. The maximum atomic E-state index is 11.6. The summed E-state index contributed by atoms with van der Waals surface area (Å²) in [5.41, 5.74) is 0.729. The van der Waals surface area contributed by atoms with Crippen molar-refractivity contribution in [3.8, 4) is 0 Å². The molecule has 0 saturated carbocycles. The molecule has 0 aliphatic rings. The van der Waals surface area contributed by atoms with Gasteiger partial charge >= 0.3 is 5.97 Å². The molecule has 1 aromatic carbocycles. The quantitative estimate of drug-likeness (QED) is 0.789. The van der Waals surface area contributed by atoms with Crippen LogP contribution < -0.4 is 0 Å². The predicted octanol–water partition coefficient (Wildman–Crippen LogP) is 2.00. The van der Waals surface area contributed by atoms with E-state index in [0.29, 0.717) is 20.9 Å². The molecule has 96 valence electrons. The van der Waals surface area contributed by atoms with Crippen LogP contribution in [-0.4, -0.2) is 31.7 Å². The molecule has 2 rings (SSSR count). The van der Waals surface area contributed by atoms with Crippen LogP contribution in [0.1, 0.15) is 10.4 Å². The number of benzene rings is 1. The smallest absolute Gasteiger partial charge is 0.337 e. The Morgan fingerprint density at radius 2 is 2.06 bits per heavy atom. The van der Waals surface area contributed by atoms with E-state index in [1.807, 2.05) is 0 Å². The number of rotatable bonds is 2. The van der Waals surface area contributed by atoms with Crippen LogP contribution >= 0.6 is 15.9 Å². The van der Waals surface area contributed by atoms with Gasteiger partial charge in [0.05, 0.1) is 24.4 Å². The van der Waals surface area contributed by atoms with Gasteiger partial charge in [0, 0.05) is 16.1 Å². The van der Waals surface area contributed by atoms with Gasteiger partial charge in [0.1, 0.15) is 0 Å². The highest BCUT2D eigenvalue weighted by Crippen LogP contribution is 2.28. The minimum Gasteiger partial charge on any atom is -0.465 e. The number of nitrogens with zero attached hydrogens (tertiary/aromatic N) is 1. The van der Waals surface area contributed by atoms with Crippen LogP contribution in [0.5, 0.6) is 0 Å². The van der Waals surface area contributed by atoms with E-state index in [4.69, 9.17) is 0 Å². The first-order valence-electron chi connectivity index (χ1n) is 4.94. The van der Waals surface area contributed by atoms with Gasteiger partial charge < -0.3 is 4.74 Å². The molecule has 0 bridgehead atoms. The van der Waals surface area contributed by atoms with Gasteiger partial charge in [0.25, 0.3) is 0 Å². The zero-order valence-corrected chi connectivity index (χ0v) is 12.1. The van der Waals surface area contributed by atoms with Gasteiger partial charge in [0.2, 0.25) is 10.0 Å². The first-order valence-corrected chi connectivity index (χ1v) is 7.58. The lowest BCUT2D eigenvalue weighted by Gasteiger charge is -2.05. The lowest BCUT2D eigenvalue weighted by atomic mass is 10.2. The fraction of sp³-hybridized carbons (Fsp3) is 0.182. The lowest BCUT2D eigenvalue weighted by molar-refractivity contribution is 0.0601. The third-order valence-corrected chi connectivity index (χ3v) is 4.19. The molecule has 0 atom stereocenters. The molecule has 0 aliphatic carbocycles. The molecule has 1 heterocycles. The molecule has 5 nitrogen and oxygen atoms in total. The van der Waals surface area contributed by atoms with Crippen molar-refractivity contribution >= 4 is 42.8 Å². The summed E-state index contributed by atoms with van der Waals surface area (Å²) in [5.74, 6) is -0.515. The highest BCUT2D eigenvalue weighted by atomic mass is 79.9. The van der Waals surface area contributed by atoms with Crippen LogP contribution in [0.25, 0.3) is 10.9 Å². The molecular formula is C11H10BrNO4S. The molecule has 0 radical (unpaired) electrons. The standard InChI is InChI=1S/C11H10BrNO4S/c1-17-11(14)7-5-9(12)8-3-4-13(10(8)6-7)18(2,15)16/h3-6H,1-2H3. The van der Waals surface area contributed by atoms with E-state index in [-0.39, 0.29) is 0 Å². The summed E-state index contributed by atoms with van der Waals surface area (Å²) in [7, 11) is -2.13. The van der Waals surface area contributed by atoms with Gasteiger partial charge in [-0.25, -0.2) is 17.2 Å². The maximum Gasteiger partial charge on any atom is 0.337 e. The zero-order valence-electron chi connectivity index (χ0n) is 9.68. The first-order chi connectivity index (χ1) is 8.34. The Bertz CT molecular complexity index is 733. The average Bonchev–Trinajstić information content (AvgIpc) is 2.71. The highest BCUT2D eigenvalue weighted by molar-refractivity contribution is 9.10. The number of carbonyl (C=O) groups is 1. The third kappa shape index (κ3) is 2.15. The van der Waals surface area contributed by atoms with Gasteiger partial charge in [-0.15, -0.1) is 0 Å². The van der Waals surface area contributed by atoms with Gasteiger partial charge in [-0.3, -0.25) is 0 Å². The van der Waals surface area contributed by atoms with Crippen molar-refractivity contribution in [2.45, 2.75) is 0 Å². The fourth-order valence-electron chi connectivity index (χ4n) is 1.70. The van der Waals surface area contributed by atoms with E-state index in [0.717, 1.165) is 10.2 Å². The summed E-state index contributed by atoms with van der Waals surface area (Å²) in [6.45, 7) is 0. The Morgan fingerprint density at radius 3 is 2.61 bits per heavy atom. The molecule has 0 aliphatic heterocycles. The molecule has 0 amide bonds. The Morgan fingerprint density at radius 1 is 1.39 bits per heavy atom. The number of halogens is 1. The molecule has 0 fully saturated rings. The number of hydrogen-bond acceptors (Lipinski definition) is 4. The largest absolute Gasteiger partial charge is 0.465 e. The molecule has 0 spiro atoms.